The molecule has 3 N–H and O–H groups in total. The average Bonchev–Trinajstić information content (AvgIpc) is 2.53. The molecule has 5 heteroatoms. The zero-order valence-corrected chi connectivity index (χ0v) is 7.42. The summed E-state index contributed by atoms with van der Waals surface area (Å²) in [7, 11) is 0. The van der Waals surface area contributed by atoms with Crippen molar-refractivity contribution in [3.05, 3.63) is 29.5 Å². The van der Waals surface area contributed by atoms with E-state index in [4.69, 9.17) is 17.3 Å². The topological polar surface area (TPSA) is 67.6 Å². The lowest BCUT2D eigenvalue weighted by atomic mass is 10.2. The van der Waals surface area contributed by atoms with Crippen LogP contribution in [0.4, 0.5) is 5.82 Å². The summed E-state index contributed by atoms with van der Waals surface area (Å²) in [5, 5.41) is 7.00. The van der Waals surface area contributed by atoms with Gasteiger partial charge in [-0.1, -0.05) is 11.6 Å². The quantitative estimate of drug-likeness (QED) is 0.679. The number of aromatic nitrogens is 3. The summed E-state index contributed by atoms with van der Waals surface area (Å²) in [6.45, 7) is 0. The number of nitrogens with one attached hydrogen (secondary N) is 1. The Morgan fingerprint density at radius 2 is 2.31 bits per heavy atom. The first kappa shape index (κ1) is 8.07. The Morgan fingerprint density at radius 1 is 1.46 bits per heavy atom. The molecule has 0 amide bonds. The van der Waals surface area contributed by atoms with E-state index >= 15 is 0 Å². The lowest BCUT2D eigenvalue weighted by Crippen LogP contribution is -1.82. The van der Waals surface area contributed by atoms with Gasteiger partial charge < -0.3 is 5.73 Å². The summed E-state index contributed by atoms with van der Waals surface area (Å²) in [5.74, 6) is 0.440. The van der Waals surface area contributed by atoms with E-state index in [1.165, 1.54) is 0 Å². The van der Waals surface area contributed by atoms with Crippen molar-refractivity contribution in [1.82, 2.24) is 15.2 Å². The number of nitrogens with zero attached hydrogens (tertiary/aromatic N) is 2. The van der Waals surface area contributed by atoms with E-state index in [0.717, 1.165) is 11.3 Å². The fraction of sp³-hybridized carbons (Fsp3) is 0. The van der Waals surface area contributed by atoms with E-state index in [2.05, 4.69) is 15.2 Å². The largest absolute Gasteiger partial charge is 0.382 e. The second kappa shape index (κ2) is 3.06. The highest BCUT2D eigenvalue weighted by atomic mass is 35.5. The van der Waals surface area contributed by atoms with Gasteiger partial charge in [-0.05, 0) is 12.1 Å². The molecule has 0 saturated carbocycles. The van der Waals surface area contributed by atoms with Crippen LogP contribution in [-0.4, -0.2) is 15.2 Å². The Bertz CT molecular complexity index is 424. The van der Waals surface area contributed by atoms with Gasteiger partial charge in [-0.3, -0.25) is 5.10 Å². The Kier molecular flexibility index (Phi) is 1.90. The molecule has 13 heavy (non-hydrogen) atoms. The van der Waals surface area contributed by atoms with E-state index in [9.17, 15) is 0 Å². The zero-order valence-electron chi connectivity index (χ0n) is 6.66. The molecule has 0 radical (unpaired) electrons. The standard InChI is InChI=1S/C8H7ClN4/c9-8-5(2-1-3-11-8)6-4-7(10)13-12-6/h1-4H,(H3,10,12,13). The van der Waals surface area contributed by atoms with Gasteiger partial charge in [0.25, 0.3) is 0 Å². The maximum atomic E-state index is 5.87. The number of H-pyrrole nitrogens is 1. The molecule has 0 fully saturated rings. The van der Waals surface area contributed by atoms with Crippen molar-refractivity contribution in [2.24, 2.45) is 0 Å². The number of anilines is 1. The van der Waals surface area contributed by atoms with Gasteiger partial charge in [-0.25, -0.2) is 4.98 Å². The number of aromatic amines is 1. The monoisotopic (exact) mass is 194 g/mol. The molecular formula is C8H7ClN4. The van der Waals surface area contributed by atoms with Crippen molar-refractivity contribution in [3.63, 3.8) is 0 Å². The number of pyridine rings is 1. The lowest BCUT2D eigenvalue weighted by Gasteiger charge is -1.97. The van der Waals surface area contributed by atoms with Crippen LogP contribution in [0.3, 0.4) is 0 Å². The highest BCUT2D eigenvalue weighted by Gasteiger charge is 2.05. The molecule has 0 aliphatic carbocycles. The van der Waals surface area contributed by atoms with Crippen molar-refractivity contribution in [3.8, 4) is 11.3 Å². The molecule has 2 heterocycles. The Balaban J connectivity index is 2.52. The minimum atomic E-state index is 0.436. The number of hydrogen-bond donors (Lipinski definition) is 2. The third-order valence-corrected chi connectivity index (χ3v) is 1.95. The summed E-state index contributed by atoms with van der Waals surface area (Å²) in [6.07, 6.45) is 1.63. The summed E-state index contributed by atoms with van der Waals surface area (Å²) in [5.41, 5.74) is 7.03. The average molecular weight is 195 g/mol. The SMILES string of the molecule is Nc1cc(-c2cccnc2Cl)[nH]n1. The molecule has 0 aliphatic rings. The maximum Gasteiger partial charge on any atom is 0.145 e. The number of nitrogens with two attached hydrogens (primary N) is 1. The van der Waals surface area contributed by atoms with E-state index in [-0.39, 0.29) is 0 Å². The molecule has 0 atom stereocenters. The third kappa shape index (κ3) is 1.48. The van der Waals surface area contributed by atoms with Crippen LogP contribution in [0.1, 0.15) is 0 Å². The molecule has 0 aromatic carbocycles. The van der Waals surface area contributed by atoms with Crippen molar-refractivity contribution in [1.29, 1.82) is 0 Å². The van der Waals surface area contributed by atoms with Crippen LogP contribution in [-0.2, 0) is 0 Å². The van der Waals surface area contributed by atoms with Gasteiger partial charge in [-0.2, -0.15) is 5.10 Å². The van der Waals surface area contributed by atoms with Crippen LogP contribution >= 0.6 is 11.6 Å². The van der Waals surface area contributed by atoms with E-state index in [1.54, 1.807) is 18.3 Å². The minimum absolute atomic E-state index is 0.436. The van der Waals surface area contributed by atoms with Gasteiger partial charge in [0.2, 0.25) is 0 Å². The van der Waals surface area contributed by atoms with Crippen LogP contribution in [0.2, 0.25) is 5.15 Å². The van der Waals surface area contributed by atoms with E-state index < -0.39 is 0 Å². The summed E-state index contributed by atoms with van der Waals surface area (Å²) in [4.78, 5) is 3.94. The van der Waals surface area contributed by atoms with Crippen LogP contribution in [0.15, 0.2) is 24.4 Å². The Morgan fingerprint density at radius 3 is 2.92 bits per heavy atom. The summed E-state index contributed by atoms with van der Waals surface area (Å²) < 4.78 is 0. The van der Waals surface area contributed by atoms with Crippen LogP contribution in [0.25, 0.3) is 11.3 Å². The van der Waals surface area contributed by atoms with Crippen molar-refractivity contribution in [2.45, 2.75) is 0 Å². The molecule has 2 aromatic heterocycles. The van der Waals surface area contributed by atoms with Gasteiger partial charge >= 0.3 is 0 Å². The van der Waals surface area contributed by atoms with E-state index in [0.29, 0.717) is 11.0 Å². The molecule has 0 saturated heterocycles. The van der Waals surface area contributed by atoms with Gasteiger partial charge in [0.1, 0.15) is 11.0 Å². The smallest absolute Gasteiger partial charge is 0.145 e. The molecule has 0 bridgehead atoms. The zero-order chi connectivity index (χ0) is 9.26. The second-order valence-electron chi connectivity index (χ2n) is 2.55. The maximum absolute atomic E-state index is 5.87. The fourth-order valence-corrected chi connectivity index (χ4v) is 1.28. The van der Waals surface area contributed by atoms with E-state index in [1.807, 2.05) is 6.07 Å². The normalized spacial score (nSPS) is 10.2. The first-order valence-corrected chi connectivity index (χ1v) is 4.07. The minimum Gasteiger partial charge on any atom is -0.382 e. The van der Waals surface area contributed by atoms with Crippen LogP contribution in [0, 0.1) is 0 Å². The molecule has 0 spiro atoms. The number of halogens is 1. The van der Waals surface area contributed by atoms with Gasteiger partial charge in [0.05, 0.1) is 5.69 Å². The first-order chi connectivity index (χ1) is 6.27. The summed E-state index contributed by atoms with van der Waals surface area (Å²) >= 11 is 5.87. The fourth-order valence-electron chi connectivity index (χ4n) is 1.06. The first-order valence-electron chi connectivity index (χ1n) is 3.69. The molecule has 2 aromatic rings. The molecule has 0 unspecified atom stereocenters. The molecule has 4 nitrogen and oxygen atoms in total. The van der Waals surface area contributed by atoms with Crippen LogP contribution in [0.5, 0.6) is 0 Å². The van der Waals surface area contributed by atoms with Gasteiger partial charge in [-0.15, -0.1) is 0 Å². The van der Waals surface area contributed by atoms with Crippen molar-refractivity contribution in [2.75, 3.05) is 5.73 Å². The molecule has 66 valence electrons. The molecular weight excluding hydrogens is 188 g/mol. The van der Waals surface area contributed by atoms with Crippen molar-refractivity contribution >= 4 is 17.4 Å². The van der Waals surface area contributed by atoms with Crippen molar-refractivity contribution < 1.29 is 0 Å². The third-order valence-electron chi connectivity index (χ3n) is 1.65. The summed E-state index contributed by atoms with van der Waals surface area (Å²) in [6, 6.07) is 5.36. The highest BCUT2D eigenvalue weighted by molar-refractivity contribution is 6.32. The number of rotatable bonds is 1. The number of hydrogen-bond acceptors (Lipinski definition) is 3. The van der Waals surface area contributed by atoms with Gasteiger partial charge in [0, 0.05) is 17.8 Å². The van der Waals surface area contributed by atoms with Crippen LogP contribution < -0.4 is 5.73 Å². The lowest BCUT2D eigenvalue weighted by molar-refractivity contribution is 1.10. The predicted molar refractivity (Wildman–Crippen MR) is 51.2 cm³/mol. The molecule has 0 aliphatic heterocycles. The highest BCUT2D eigenvalue weighted by Crippen LogP contribution is 2.24. The number of nitrogen functional groups attached to an aromatic ring is 1. The van der Waals surface area contributed by atoms with Gasteiger partial charge in [0.15, 0.2) is 0 Å². The predicted octanol–water partition coefficient (Wildman–Crippen LogP) is 1.71. The Labute approximate surface area is 79.7 Å². The Hall–Kier alpha value is -1.55. The second-order valence-corrected chi connectivity index (χ2v) is 2.91. The molecule has 2 rings (SSSR count).